The van der Waals surface area contributed by atoms with Crippen LogP contribution in [0.15, 0.2) is 60.9 Å². The van der Waals surface area contributed by atoms with Gasteiger partial charge in [-0.05, 0) is 43.2 Å². The van der Waals surface area contributed by atoms with Gasteiger partial charge in [-0.3, -0.25) is 4.79 Å². The van der Waals surface area contributed by atoms with E-state index < -0.39 is 0 Å². The fourth-order valence-electron chi connectivity index (χ4n) is 2.64. The van der Waals surface area contributed by atoms with Crippen LogP contribution in [0.1, 0.15) is 23.0 Å². The van der Waals surface area contributed by atoms with Crippen molar-refractivity contribution in [1.29, 1.82) is 0 Å². The molecule has 3 aromatic rings. The second-order valence-corrected chi connectivity index (χ2v) is 6.41. The Morgan fingerprint density at radius 2 is 1.96 bits per heavy atom. The number of ether oxygens (including phenoxy) is 1. The molecule has 0 aliphatic heterocycles. The Balaban J connectivity index is 1.62. The Morgan fingerprint density at radius 1 is 1.11 bits per heavy atom. The van der Waals surface area contributed by atoms with Crippen molar-refractivity contribution in [2.75, 3.05) is 18.5 Å². The van der Waals surface area contributed by atoms with E-state index in [4.69, 9.17) is 16.3 Å². The number of hydrogen-bond donors (Lipinski definition) is 2. The van der Waals surface area contributed by atoms with Gasteiger partial charge in [-0.25, -0.2) is 9.97 Å². The lowest BCUT2D eigenvalue weighted by molar-refractivity contribution is 0.0949. The van der Waals surface area contributed by atoms with Gasteiger partial charge in [0.25, 0.3) is 5.91 Å². The highest BCUT2D eigenvalue weighted by atomic mass is 35.5. The quantitative estimate of drug-likeness (QED) is 0.595. The summed E-state index contributed by atoms with van der Waals surface area (Å²) in [5, 5.41) is 6.72. The Morgan fingerprint density at radius 3 is 2.79 bits per heavy atom. The van der Waals surface area contributed by atoms with E-state index in [0.29, 0.717) is 30.4 Å². The van der Waals surface area contributed by atoms with Crippen molar-refractivity contribution in [1.82, 2.24) is 15.3 Å². The lowest BCUT2D eigenvalue weighted by Gasteiger charge is -2.12. The lowest BCUT2D eigenvalue weighted by atomic mass is 10.1. The minimum Gasteiger partial charge on any atom is -0.492 e. The van der Waals surface area contributed by atoms with Crippen LogP contribution in [0.3, 0.4) is 0 Å². The number of aromatic nitrogens is 2. The molecule has 1 amide bonds. The second kappa shape index (κ2) is 9.71. The van der Waals surface area contributed by atoms with Gasteiger partial charge in [-0.2, -0.15) is 0 Å². The lowest BCUT2D eigenvalue weighted by Crippen LogP contribution is -2.26. The van der Waals surface area contributed by atoms with Crippen LogP contribution in [0, 0.1) is 0 Å². The van der Waals surface area contributed by atoms with E-state index in [2.05, 4.69) is 20.6 Å². The molecule has 2 N–H and O–H groups in total. The number of amides is 1. The molecule has 0 fully saturated rings. The Hall–Kier alpha value is -3.12. The summed E-state index contributed by atoms with van der Waals surface area (Å²) >= 11 is 5.98. The van der Waals surface area contributed by atoms with Crippen molar-refractivity contribution in [2.45, 2.75) is 13.3 Å². The number of para-hydroxylation sites is 2. The first-order chi connectivity index (χ1) is 13.7. The van der Waals surface area contributed by atoms with E-state index in [0.717, 1.165) is 17.0 Å². The Kier molecular flexibility index (Phi) is 6.81. The van der Waals surface area contributed by atoms with Crippen molar-refractivity contribution in [3.8, 4) is 5.75 Å². The van der Waals surface area contributed by atoms with Crippen LogP contribution in [0.5, 0.6) is 5.75 Å². The molecule has 28 heavy (non-hydrogen) atoms. The van der Waals surface area contributed by atoms with Gasteiger partial charge >= 0.3 is 0 Å². The van der Waals surface area contributed by atoms with Crippen LogP contribution in [0.2, 0.25) is 5.02 Å². The number of halogens is 1. The number of nitrogens with one attached hydrogen (secondary N) is 2. The van der Waals surface area contributed by atoms with E-state index in [1.54, 1.807) is 6.07 Å². The molecule has 0 bridgehead atoms. The molecule has 0 atom stereocenters. The highest BCUT2D eigenvalue weighted by Crippen LogP contribution is 2.26. The van der Waals surface area contributed by atoms with Gasteiger partial charge in [-0.15, -0.1) is 0 Å². The molecule has 3 rings (SSSR count). The largest absolute Gasteiger partial charge is 0.492 e. The van der Waals surface area contributed by atoms with Gasteiger partial charge in [-0.1, -0.05) is 35.9 Å². The first-order valence-corrected chi connectivity index (χ1v) is 9.37. The van der Waals surface area contributed by atoms with Crippen molar-refractivity contribution in [3.05, 3.63) is 77.2 Å². The van der Waals surface area contributed by atoms with Crippen LogP contribution in [0.4, 0.5) is 11.5 Å². The van der Waals surface area contributed by atoms with Gasteiger partial charge in [0.2, 0.25) is 0 Å². The third-order valence-corrected chi connectivity index (χ3v) is 4.17. The third kappa shape index (κ3) is 5.44. The maximum absolute atomic E-state index is 12.4. The molecule has 0 saturated carbocycles. The summed E-state index contributed by atoms with van der Waals surface area (Å²) in [5.41, 5.74) is 2.12. The number of nitrogens with zero attached hydrogens (tertiary/aromatic N) is 2. The number of benzene rings is 2. The first kappa shape index (κ1) is 19.6. The number of hydrogen-bond acceptors (Lipinski definition) is 5. The number of rotatable bonds is 8. The van der Waals surface area contributed by atoms with Gasteiger partial charge in [0.05, 0.1) is 12.3 Å². The van der Waals surface area contributed by atoms with Crippen molar-refractivity contribution >= 4 is 29.0 Å². The summed E-state index contributed by atoms with van der Waals surface area (Å²) in [6, 6.07) is 16.7. The molecule has 1 heterocycles. The average Bonchev–Trinajstić information content (AvgIpc) is 2.70. The molecule has 0 spiro atoms. The van der Waals surface area contributed by atoms with Gasteiger partial charge in [0.1, 0.15) is 23.6 Å². The number of carbonyl (C=O) groups excluding carboxylic acids is 1. The second-order valence-electron chi connectivity index (χ2n) is 5.98. The van der Waals surface area contributed by atoms with Gasteiger partial charge < -0.3 is 15.4 Å². The van der Waals surface area contributed by atoms with Crippen molar-refractivity contribution in [3.63, 3.8) is 0 Å². The van der Waals surface area contributed by atoms with E-state index >= 15 is 0 Å². The SMILES string of the molecule is CCOc1ccccc1Nc1cc(C(=O)NCCc2cccc(Cl)c2)ncn1. The molecule has 0 saturated heterocycles. The minimum atomic E-state index is -0.259. The minimum absolute atomic E-state index is 0.259. The van der Waals surface area contributed by atoms with Crippen molar-refractivity contribution in [2.24, 2.45) is 0 Å². The fourth-order valence-corrected chi connectivity index (χ4v) is 2.86. The maximum atomic E-state index is 12.4. The molecule has 0 aliphatic rings. The third-order valence-electron chi connectivity index (χ3n) is 3.94. The van der Waals surface area contributed by atoms with Gasteiger partial charge in [0, 0.05) is 17.6 Å². The molecule has 1 aromatic heterocycles. The Bertz CT molecular complexity index is 949. The smallest absolute Gasteiger partial charge is 0.270 e. The van der Waals surface area contributed by atoms with Crippen LogP contribution < -0.4 is 15.4 Å². The van der Waals surface area contributed by atoms with Gasteiger partial charge in [0.15, 0.2) is 0 Å². The molecule has 2 aromatic carbocycles. The topological polar surface area (TPSA) is 76.1 Å². The summed E-state index contributed by atoms with van der Waals surface area (Å²) < 4.78 is 5.60. The molecular formula is C21H21ClN4O2. The standard InChI is InChI=1S/C21H21ClN4O2/c1-2-28-19-9-4-3-8-17(19)26-20-13-18(24-14-25-20)21(27)23-11-10-15-6-5-7-16(22)12-15/h3-9,12-14H,2,10-11H2,1H3,(H,23,27)(H,24,25,26). The predicted octanol–water partition coefficient (Wildman–Crippen LogP) is 4.24. The average molecular weight is 397 g/mol. The van der Waals surface area contributed by atoms with E-state index in [1.165, 1.54) is 6.33 Å². The molecule has 144 valence electrons. The summed E-state index contributed by atoms with van der Waals surface area (Å²) in [6.07, 6.45) is 2.04. The molecular weight excluding hydrogens is 376 g/mol. The monoisotopic (exact) mass is 396 g/mol. The van der Waals surface area contributed by atoms with Crippen LogP contribution in [-0.4, -0.2) is 29.0 Å². The van der Waals surface area contributed by atoms with Crippen LogP contribution in [0.25, 0.3) is 0 Å². The zero-order valence-electron chi connectivity index (χ0n) is 15.5. The van der Waals surface area contributed by atoms with Crippen LogP contribution >= 0.6 is 11.6 Å². The first-order valence-electron chi connectivity index (χ1n) is 8.99. The van der Waals surface area contributed by atoms with E-state index in [-0.39, 0.29) is 11.6 Å². The highest BCUT2D eigenvalue weighted by molar-refractivity contribution is 6.30. The summed E-state index contributed by atoms with van der Waals surface area (Å²) in [5.74, 6) is 0.976. The zero-order chi connectivity index (χ0) is 19.8. The van der Waals surface area contributed by atoms with E-state index in [1.807, 2.05) is 55.5 Å². The summed E-state index contributed by atoms with van der Waals surface area (Å²) in [4.78, 5) is 20.6. The molecule has 7 heteroatoms. The number of carbonyl (C=O) groups is 1. The summed E-state index contributed by atoms with van der Waals surface area (Å²) in [6.45, 7) is 2.97. The van der Waals surface area contributed by atoms with E-state index in [9.17, 15) is 4.79 Å². The van der Waals surface area contributed by atoms with Crippen molar-refractivity contribution < 1.29 is 9.53 Å². The molecule has 0 unspecified atom stereocenters. The maximum Gasteiger partial charge on any atom is 0.270 e. The number of anilines is 2. The Labute approximate surface area is 168 Å². The summed E-state index contributed by atoms with van der Waals surface area (Å²) in [7, 11) is 0. The predicted molar refractivity (Wildman–Crippen MR) is 110 cm³/mol. The normalized spacial score (nSPS) is 10.4. The fraction of sp³-hybridized carbons (Fsp3) is 0.190. The molecule has 0 aliphatic carbocycles. The molecule has 0 radical (unpaired) electrons. The zero-order valence-corrected chi connectivity index (χ0v) is 16.2. The van der Waals surface area contributed by atoms with Crippen LogP contribution in [-0.2, 0) is 6.42 Å². The molecule has 6 nitrogen and oxygen atoms in total. The highest BCUT2D eigenvalue weighted by Gasteiger charge is 2.10.